The molecule has 0 radical (unpaired) electrons. The third-order valence-corrected chi connectivity index (χ3v) is 6.16. The molecule has 0 nitrogen and oxygen atoms in total. The number of rotatable bonds is 3. The van der Waals surface area contributed by atoms with Crippen molar-refractivity contribution >= 4 is 10.8 Å². The van der Waals surface area contributed by atoms with Crippen molar-refractivity contribution in [2.45, 2.75) is 50.9 Å². The van der Waals surface area contributed by atoms with Gasteiger partial charge in [0.05, 0.1) is 5.39 Å². The van der Waals surface area contributed by atoms with E-state index in [-0.39, 0.29) is 23.0 Å². The average Bonchev–Trinajstić information content (AvgIpc) is 2.71. The maximum atomic E-state index is 14.5. The minimum atomic E-state index is -1.67. The minimum absolute atomic E-state index is 0.0132. The highest BCUT2D eigenvalue weighted by Gasteiger charge is 2.27. The highest BCUT2D eigenvalue weighted by molar-refractivity contribution is 5.84. The molecule has 0 aromatic heterocycles. The predicted octanol–water partition coefficient (Wildman–Crippen LogP) is 7.54. The second kappa shape index (κ2) is 7.77. The Morgan fingerprint density at radius 2 is 1.41 bits per heavy atom. The van der Waals surface area contributed by atoms with Gasteiger partial charge in [0, 0.05) is 0 Å². The van der Waals surface area contributed by atoms with Crippen LogP contribution >= 0.6 is 0 Å². The zero-order chi connectivity index (χ0) is 20.7. The average molecular weight is 404 g/mol. The summed E-state index contributed by atoms with van der Waals surface area (Å²) in [6, 6.07) is 8.97. The molecular formula is C24H21F5. The lowest BCUT2D eigenvalue weighted by Crippen LogP contribution is -2.13. The molecule has 3 aromatic rings. The first-order valence-electron chi connectivity index (χ1n) is 9.94. The van der Waals surface area contributed by atoms with Crippen LogP contribution in [-0.2, 0) is 6.42 Å². The van der Waals surface area contributed by atoms with Gasteiger partial charge in [-0.1, -0.05) is 25.1 Å². The third-order valence-electron chi connectivity index (χ3n) is 6.16. The molecule has 0 aliphatic heterocycles. The summed E-state index contributed by atoms with van der Waals surface area (Å²) in [6.45, 7) is 1.98. The van der Waals surface area contributed by atoms with E-state index in [2.05, 4.69) is 0 Å². The van der Waals surface area contributed by atoms with Gasteiger partial charge in [-0.2, -0.15) is 0 Å². The van der Waals surface area contributed by atoms with Crippen LogP contribution in [0, 0.1) is 29.1 Å². The Balaban J connectivity index is 1.57. The van der Waals surface area contributed by atoms with Crippen LogP contribution in [0.4, 0.5) is 22.0 Å². The number of fused-ring (bicyclic) bond motifs is 1. The number of halogens is 5. The standard InChI is InChI=1S/C24H21F5/c1-2-13-3-8-18(19(25)9-13)15-6-4-14(5-7-15)16-10-17-12-21(27)23(28)24(29)22(17)20(26)11-16/h3,8-12,14-15H,2,4-7H2,1H3. The lowest BCUT2D eigenvalue weighted by Gasteiger charge is -2.29. The van der Waals surface area contributed by atoms with Crippen LogP contribution in [0.2, 0.25) is 0 Å². The van der Waals surface area contributed by atoms with E-state index in [1.807, 2.05) is 19.1 Å². The second-order valence-electron chi connectivity index (χ2n) is 7.85. The van der Waals surface area contributed by atoms with E-state index in [1.54, 1.807) is 6.07 Å². The molecule has 5 heteroatoms. The van der Waals surface area contributed by atoms with Crippen molar-refractivity contribution in [1.82, 2.24) is 0 Å². The molecule has 0 unspecified atom stereocenters. The van der Waals surface area contributed by atoms with Crippen molar-refractivity contribution in [3.8, 4) is 0 Å². The number of benzene rings is 3. The van der Waals surface area contributed by atoms with Crippen LogP contribution < -0.4 is 0 Å². The Morgan fingerprint density at radius 3 is 2.07 bits per heavy atom. The van der Waals surface area contributed by atoms with Gasteiger partial charge in [0.1, 0.15) is 11.6 Å². The van der Waals surface area contributed by atoms with Crippen LogP contribution in [0.25, 0.3) is 10.8 Å². The molecule has 29 heavy (non-hydrogen) atoms. The zero-order valence-electron chi connectivity index (χ0n) is 16.0. The van der Waals surface area contributed by atoms with Gasteiger partial charge in [0.2, 0.25) is 0 Å². The Morgan fingerprint density at radius 1 is 0.724 bits per heavy atom. The lowest BCUT2D eigenvalue weighted by atomic mass is 9.75. The molecular weight excluding hydrogens is 383 g/mol. The molecule has 0 spiro atoms. The van der Waals surface area contributed by atoms with E-state index < -0.39 is 28.7 Å². The van der Waals surface area contributed by atoms with Gasteiger partial charge in [-0.15, -0.1) is 0 Å². The molecule has 1 aliphatic rings. The minimum Gasteiger partial charge on any atom is -0.207 e. The summed E-state index contributed by atoms with van der Waals surface area (Å²) < 4.78 is 69.8. The summed E-state index contributed by atoms with van der Waals surface area (Å²) in [5.74, 6) is -5.46. The molecule has 1 aliphatic carbocycles. The SMILES string of the molecule is CCc1ccc(C2CCC(c3cc(F)c4c(F)c(F)c(F)cc4c3)CC2)c(F)c1. The van der Waals surface area contributed by atoms with Crippen LogP contribution in [0.15, 0.2) is 36.4 Å². The van der Waals surface area contributed by atoms with Crippen molar-refractivity contribution in [1.29, 1.82) is 0 Å². The fraction of sp³-hybridized carbons (Fsp3) is 0.333. The number of hydrogen-bond donors (Lipinski definition) is 0. The molecule has 0 saturated heterocycles. The maximum absolute atomic E-state index is 14.5. The van der Waals surface area contributed by atoms with Crippen molar-refractivity contribution < 1.29 is 22.0 Å². The summed E-state index contributed by atoms with van der Waals surface area (Å²) in [5, 5.41) is -0.515. The van der Waals surface area contributed by atoms with E-state index in [0.717, 1.165) is 43.7 Å². The summed E-state index contributed by atoms with van der Waals surface area (Å²) in [4.78, 5) is 0. The quantitative estimate of drug-likeness (QED) is 0.312. The van der Waals surface area contributed by atoms with Crippen LogP contribution in [0.3, 0.4) is 0 Å². The Hall–Kier alpha value is -2.43. The smallest absolute Gasteiger partial charge is 0.195 e. The molecule has 1 saturated carbocycles. The highest BCUT2D eigenvalue weighted by Crippen LogP contribution is 2.42. The van der Waals surface area contributed by atoms with E-state index in [4.69, 9.17) is 0 Å². The third kappa shape index (κ3) is 3.63. The second-order valence-corrected chi connectivity index (χ2v) is 7.85. The molecule has 0 amide bonds. The van der Waals surface area contributed by atoms with E-state index in [1.165, 1.54) is 12.1 Å². The Kier molecular flexibility index (Phi) is 5.32. The van der Waals surface area contributed by atoms with Crippen molar-refractivity contribution in [2.24, 2.45) is 0 Å². The van der Waals surface area contributed by atoms with Crippen molar-refractivity contribution in [2.75, 3.05) is 0 Å². The van der Waals surface area contributed by atoms with Crippen molar-refractivity contribution in [3.05, 3.63) is 82.2 Å². The maximum Gasteiger partial charge on any atom is 0.195 e. The molecule has 4 rings (SSSR count). The molecule has 3 aromatic carbocycles. The topological polar surface area (TPSA) is 0 Å². The molecule has 1 fully saturated rings. The number of aryl methyl sites for hydroxylation is 1. The van der Waals surface area contributed by atoms with Gasteiger partial charge >= 0.3 is 0 Å². The molecule has 0 N–H and O–H groups in total. The molecule has 152 valence electrons. The van der Waals surface area contributed by atoms with Gasteiger partial charge in [-0.05, 0) is 84.2 Å². The summed E-state index contributed by atoms with van der Waals surface area (Å²) in [6.07, 6.45) is 3.72. The van der Waals surface area contributed by atoms with Crippen LogP contribution in [0.1, 0.15) is 61.1 Å². The monoisotopic (exact) mass is 404 g/mol. The summed E-state index contributed by atoms with van der Waals surface area (Å²) in [7, 11) is 0. The first-order valence-corrected chi connectivity index (χ1v) is 9.94. The Bertz CT molecular complexity index is 1060. The predicted molar refractivity (Wildman–Crippen MR) is 104 cm³/mol. The Labute approximate surface area is 166 Å². The van der Waals surface area contributed by atoms with Crippen LogP contribution in [0.5, 0.6) is 0 Å². The first-order chi connectivity index (χ1) is 13.9. The first kappa shape index (κ1) is 19.9. The van der Waals surface area contributed by atoms with E-state index in [0.29, 0.717) is 11.1 Å². The molecule has 0 atom stereocenters. The number of hydrogen-bond acceptors (Lipinski definition) is 0. The van der Waals surface area contributed by atoms with E-state index in [9.17, 15) is 22.0 Å². The van der Waals surface area contributed by atoms with Gasteiger partial charge in [-0.25, -0.2) is 22.0 Å². The normalized spacial score (nSPS) is 19.7. The van der Waals surface area contributed by atoms with Gasteiger partial charge in [-0.3, -0.25) is 0 Å². The lowest BCUT2D eigenvalue weighted by molar-refractivity contribution is 0.387. The fourth-order valence-corrected chi connectivity index (χ4v) is 4.50. The van der Waals surface area contributed by atoms with Crippen LogP contribution in [-0.4, -0.2) is 0 Å². The zero-order valence-corrected chi connectivity index (χ0v) is 16.0. The summed E-state index contributed by atoms with van der Waals surface area (Å²) >= 11 is 0. The molecule has 0 heterocycles. The molecule has 0 bridgehead atoms. The van der Waals surface area contributed by atoms with Gasteiger partial charge in [0.15, 0.2) is 17.5 Å². The van der Waals surface area contributed by atoms with E-state index >= 15 is 0 Å². The largest absolute Gasteiger partial charge is 0.207 e. The fourth-order valence-electron chi connectivity index (χ4n) is 4.50. The van der Waals surface area contributed by atoms with Gasteiger partial charge in [0.25, 0.3) is 0 Å². The highest BCUT2D eigenvalue weighted by atomic mass is 19.2. The van der Waals surface area contributed by atoms with Gasteiger partial charge < -0.3 is 0 Å². The van der Waals surface area contributed by atoms with Crippen molar-refractivity contribution in [3.63, 3.8) is 0 Å². The summed E-state index contributed by atoms with van der Waals surface area (Å²) in [5.41, 5.74) is 2.31.